The van der Waals surface area contributed by atoms with E-state index >= 15 is 0 Å². The second-order valence-corrected chi connectivity index (χ2v) is 8.32. The second-order valence-electron chi connectivity index (χ2n) is 8.32. The lowest BCUT2D eigenvalue weighted by Gasteiger charge is -2.34. The molecule has 4 rings (SSSR count). The summed E-state index contributed by atoms with van der Waals surface area (Å²) in [5, 5.41) is 10.6. The molecule has 0 aliphatic heterocycles. The van der Waals surface area contributed by atoms with Crippen LogP contribution in [-0.2, 0) is 10.2 Å². The number of ketones is 1. The zero-order valence-corrected chi connectivity index (χ0v) is 17.7. The van der Waals surface area contributed by atoms with E-state index in [4.69, 9.17) is 9.15 Å². The zero-order chi connectivity index (χ0) is 20.8. The standard InChI is InChI=1S/C24H29NO4/c1-5-25(6-2)11-12-28-16-8-10-17-19(14-16)24(3,4)23-21(22(17)27)18-9-7-15(26)13-20(18)29-23/h7,9,13-14,26H,5-6,8,10-12H2,1-4H3. The van der Waals surface area contributed by atoms with Crippen molar-refractivity contribution in [3.05, 3.63) is 52.5 Å². The third-order valence-corrected chi connectivity index (χ3v) is 6.26. The predicted octanol–water partition coefficient (Wildman–Crippen LogP) is 4.95. The van der Waals surface area contributed by atoms with Crippen molar-refractivity contribution in [2.45, 2.75) is 46.0 Å². The molecule has 29 heavy (non-hydrogen) atoms. The summed E-state index contributed by atoms with van der Waals surface area (Å²) in [5.74, 6) is 1.78. The van der Waals surface area contributed by atoms with Gasteiger partial charge >= 0.3 is 0 Å². The highest BCUT2D eigenvalue weighted by Crippen LogP contribution is 2.48. The van der Waals surface area contributed by atoms with Gasteiger partial charge in [-0.1, -0.05) is 13.8 Å². The molecule has 1 aromatic carbocycles. The molecule has 2 aromatic rings. The Hall–Kier alpha value is -2.53. The summed E-state index contributed by atoms with van der Waals surface area (Å²) in [7, 11) is 0. The molecule has 0 spiro atoms. The highest BCUT2D eigenvalue weighted by molar-refractivity contribution is 6.19. The third-order valence-electron chi connectivity index (χ3n) is 6.26. The number of fused-ring (bicyclic) bond motifs is 3. The Morgan fingerprint density at radius 1 is 1.21 bits per heavy atom. The van der Waals surface area contributed by atoms with Gasteiger partial charge in [-0.15, -0.1) is 0 Å². The number of hydrogen-bond acceptors (Lipinski definition) is 5. The monoisotopic (exact) mass is 395 g/mol. The molecule has 2 aliphatic rings. The van der Waals surface area contributed by atoms with Crippen LogP contribution in [0.4, 0.5) is 0 Å². The van der Waals surface area contributed by atoms with Crippen LogP contribution in [0.2, 0.25) is 0 Å². The molecular weight excluding hydrogens is 366 g/mol. The van der Waals surface area contributed by atoms with Crippen LogP contribution < -0.4 is 0 Å². The smallest absolute Gasteiger partial charge is 0.193 e. The molecule has 1 aromatic heterocycles. The number of likely N-dealkylation sites (N-methyl/N-ethyl adjacent to an activating group) is 1. The number of ether oxygens (including phenoxy) is 1. The molecule has 0 saturated heterocycles. The Bertz CT molecular complexity index is 1020. The number of hydrogen-bond donors (Lipinski definition) is 1. The summed E-state index contributed by atoms with van der Waals surface area (Å²) in [6.07, 6.45) is 3.47. The number of aromatic hydroxyl groups is 1. The van der Waals surface area contributed by atoms with Crippen molar-refractivity contribution in [3.63, 3.8) is 0 Å². The molecule has 154 valence electrons. The SMILES string of the molecule is CCN(CC)CCOC1=CC2=C(CC1)C(=O)c1c(oc3cc(O)ccc13)C2(C)C. The van der Waals surface area contributed by atoms with Gasteiger partial charge in [0.05, 0.1) is 11.3 Å². The molecule has 2 aliphatic carbocycles. The second kappa shape index (κ2) is 7.38. The fourth-order valence-corrected chi connectivity index (χ4v) is 4.48. The van der Waals surface area contributed by atoms with Crippen molar-refractivity contribution in [3.8, 4) is 5.75 Å². The molecule has 0 saturated carbocycles. The van der Waals surface area contributed by atoms with Gasteiger partial charge in [-0.3, -0.25) is 4.79 Å². The third kappa shape index (κ3) is 3.27. The molecule has 5 heteroatoms. The largest absolute Gasteiger partial charge is 0.508 e. The maximum absolute atomic E-state index is 13.3. The van der Waals surface area contributed by atoms with Gasteiger partial charge in [-0.05, 0) is 57.1 Å². The minimum atomic E-state index is -0.443. The van der Waals surface area contributed by atoms with E-state index in [-0.39, 0.29) is 11.5 Å². The Morgan fingerprint density at radius 3 is 2.69 bits per heavy atom. The van der Waals surface area contributed by atoms with Crippen LogP contribution in [0.25, 0.3) is 11.0 Å². The van der Waals surface area contributed by atoms with E-state index in [1.165, 1.54) is 0 Å². The van der Waals surface area contributed by atoms with Crippen molar-refractivity contribution in [2.75, 3.05) is 26.2 Å². The first-order valence-electron chi connectivity index (χ1n) is 10.5. The van der Waals surface area contributed by atoms with E-state index < -0.39 is 5.41 Å². The number of phenols is 1. The van der Waals surface area contributed by atoms with Crippen molar-refractivity contribution in [1.82, 2.24) is 4.90 Å². The summed E-state index contributed by atoms with van der Waals surface area (Å²) in [6, 6.07) is 4.95. The van der Waals surface area contributed by atoms with E-state index in [9.17, 15) is 9.90 Å². The van der Waals surface area contributed by atoms with Crippen LogP contribution in [0.1, 0.15) is 56.7 Å². The van der Waals surface area contributed by atoms with Crippen molar-refractivity contribution in [1.29, 1.82) is 0 Å². The van der Waals surface area contributed by atoms with Gasteiger partial charge < -0.3 is 19.2 Å². The lowest BCUT2D eigenvalue weighted by molar-refractivity contribution is 0.101. The summed E-state index contributed by atoms with van der Waals surface area (Å²) >= 11 is 0. The number of carbonyl (C=O) groups is 1. The van der Waals surface area contributed by atoms with Gasteiger partial charge in [0.15, 0.2) is 5.78 Å². The molecular formula is C24H29NO4. The van der Waals surface area contributed by atoms with E-state index in [0.717, 1.165) is 48.3 Å². The van der Waals surface area contributed by atoms with E-state index in [0.29, 0.717) is 29.9 Å². The van der Waals surface area contributed by atoms with Crippen molar-refractivity contribution >= 4 is 16.8 Å². The molecule has 0 amide bonds. The van der Waals surface area contributed by atoms with Crippen molar-refractivity contribution < 1.29 is 19.1 Å². The summed E-state index contributed by atoms with van der Waals surface area (Å²) < 4.78 is 12.2. The first kappa shape index (κ1) is 19.8. The normalized spacial score (nSPS) is 18.1. The molecule has 0 fully saturated rings. The number of Topliss-reactive ketones (excluding diaryl/α,β-unsaturated/α-hetero) is 1. The molecule has 1 heterocycles. The Kier molecular flexibility index (Phi) is 5.03. The molecule has 1 N–H and O–H groups in total. The Labute approximate surface area is 171 Å². The topological polar surface area (TPSA) is 62.9 Å². The average molecular weight is 395 g/mol. The molecule has 0 atom stereocenters. The van der Waals surface area contributed by atoms with Crippen LogP contribution in [0.5, 0.6) is 5.75 Å². The van der Waals surface area contributed by atoms with Gasteiger partial charge in [0.2, 0.25) is 0 Å². The predicted molar refractivity (Wildman–Crippen MR) is 113 cm³/mol. The van der Waals surface area contributed by atoms with E-state index in [1.54, 1.807) is 18.2 Å². The van der Waals surface area contributed by atoms with Crippen LogP contribution in [0.15, 0.2) is 45.6 Å². The minimum absolute atomic E-state index is 0.0391. The first-order chi connectivity index (χ1) is 13.9. The number of phenolic OH excluding ortho intramolecular Hbond substituents is 1. The lowest BCUT2D eigenvalue weighted by Crippen LogP contribution is -2.31. The van der Waals surface area contributed by atoms with Crippen LogP contribution in [0, 0.1) is 0 Å². The fraction of sp³-hybridized carbons (Fsp3) is 0.458. The molecule has 0 bridgehead atoms. The molecule has 0 radical (unpaired) electrons. The van der Waals surface area contributed by atoms with Gasteiger partial charge in [0, 0.05) is 35.4 Å². The number of furan rings is 1. The van der Waals surface area contributed by atoms with Gasteiger partial charge in [-0.25, -0.2) is 0 Å². The first-order valence-corrected chi connectivity index (χ1v) is 10.5. The molecule has 5 nitrogen and oxygen atoms in total. The minimum Gasteiger partial charge on any atom is -0.508 e. The van der Waals surface area contributed by atoms with Gasteiger partial charge in [0.1, 0.15) is 23.7 Å². The highest BCUT2D eigenvalue weighted by Gasteiger charge is 2.43. The number of rotatable bonds is 6. The van der Waals surface area contributed by atoms with E-state index in [2.05, 4.69) is 32.6 Å². The highest BCUT2D eigenvalue weighted by atomic mass is 16.5. The summed E-state index contributed by atoms with van der Waals surface area (Å²) in [6.45, 7) is 12.1. The maximum atomic E-state index is 13.3. The van der Waals surface area contributed by atoms with Crippen LogP contribution >= 0.6 is 0 Å². The summed E-state index contributed by atoms with van der Waals surface area (Å²) in [5.41, 5.74) is 2.59. The van der Waals surface area contributed by atoms with Crippen LogP contribution in [-0.4, -0.2) is 42.0 Å². The maximum Gasteiger partial charge on any atom is 0.193 e. The summed E-state index contributed by atoms with van der Waals surface area (Å²) in [4.78, 5) is 15.7. The lowest BCUT2D eigenvalue weighted by atomic mass is 9.69. The van der Waals surface area contributed by atoms with Gasteiger partial charge in [-0.2, -0.15) is 0 Å². The Balaban J connectivity index is 1.66. The quantitative estimate of drug-likeness (QED) is 0.750. The fourth-order valence-electron chi connectivity index (χ4n) is 4.48. The number of benzene rings is 1. The number of carbonyl (C=O) groups excluding carboxylic acids is 1. The van der Waals surface area contributed by atoms with Crippen molar-refractivity contribution in [2.24, 2.45) is 0 Å². The van der Waals surface area contributed by atoms with Gasteiger partial charge in [0.25, 0.3) is 0 Å². The number of nitrogens with zero attached hydrogens (tertiary/aromatic N) is 1. The average Bonchev–Trinajstić information content (AvgIpc) is 3.09. The molecule has 0 unspecified atom stereocenters. The van der Waals surface area contributed by atoms with E-state index in [1.807, 2.05) is 6.08 Å². The Morgan fingerprint density at radius 2 is 1.97 bits per heavy atom. The number of allylic oxidation sites excluding steroid dienone is 4. The van der Waals surface area contributed by atoms with Crippen LogP contribution in [0.3, 0.4) is 0 Å². The zero-order valence-electron chi connectivity index (χ0n) is 17.7.